The lowest BCUT2D eigenvalue weighted by molar-refractivity contribution is -0.148. The molecule has 8 atom stereocenters. The number of carbonyl (C=O) groups excluding carboxylic acids is 1. The van der Waals surface area contributed by atoms with Crippen LogP contribution in [0.15, 0.2) is 40.8 Å². The van der Waals surface area contributed by atoms with E-state index in [4.69, 9.17) is 4.18 Å². The molecule has 0 saturated heterocycles. The van der Waals surface area contributed by atoms with E-state index in [9.17, 15) is 18.3 Å². The highest BCUT2D eigenvalue weighted by Gasteiger charge is 2.69. The molecule has 0 radical (unpaired) electrons. The topological polar surface area (TPSA) is 80.7 Å². The Morgan fingerprint density at radius 3 is 2.55 bits per heavy atom. The van der Waals surface area contributed by atoms with E-state index < -0.39 is 10.1 Å². The van der Waals surface area contributed by atoms with Crippen LogP contribution in [0.25, 0.3) is 0 Å². The molecule has 0 spiro atoms. The van der Waals surface area contributed by atoms with E-state index in [0.717, 1.165) is 50.5 Å². The molecule has 0 aromatic heterocycles. The highest BCUT2D eigenvalue weighted by Crippen LogP contribution is 2.73. The maximum absolute atomic E-state index is 13.4. The first-order valence-electron chi connectivity index (χ1n) is 14.9. The van der Waals surface area contributed by atoms with Crippen LogP contribution in [0.4, 0.5) is 0 Å². The van der Waals surface area contributed by atoms with Gasteiger partial charge >= 0.3 is 0 Å². The fourth-order valence-corrected chi connectivity index (χ4v) is 11.4. The van der Waals surface area contributed by atoms with Gasteiger partial charge in [-0.2, -0.15) is 8.42 Å². The Labute approximate surface area is 228 Å². The predicted molar refractivity (Wildman–Crippen MR) is 147 cm³/mol. The van der Waals surface area contributed by atoms with Gasteiger partial charge in [0, 0.05) is 10.8 Å². The van der Waals surface area contributed by atoms with E-state index in [1.807, 2.05) is 13.8 Å². The van der Waals surface area contributed by atoms with Crippen molar-refractivity contribution in [2.75, 3.05) is 6.61 Å². The predicted octanol–water partition coefficient (Wildman–Crippen LogP) is 6.38. The molecule has 0 heterocycles. The molecule has 208 valence electrons. The van der Waals surface area contributed by atoms with E-state index in [1.54, 1.807) is 24.3 Å². The Kier molecular flexibility index (Phi) is 6.52. The van der Waals surface area contributed by atoms with E-state index in [1.165, 1.54) is 18.4 Å². The van der Waals surface area contributed by atoms with E-state index in [0.29, 0.717) is 42.3 Å². The molecule has 6 rings (SSSR count). The van der Waals surface area contributed by atoms with Gasteiger partial charge in [-0.15, -0.1) is 0 Å². The number of benzene rings is 1. The number of hydrogen-bond acceptors (Lipinski definition) is 5. The quantitative estimate of drug-likeness (QED) is 0.346. The Morgan fingerprint density at radius 1 is 1.05 bits per heavy atom. The van der Waals surface area contributed by atoms with Gasteiger partial charge in [-0.25, -0.2) is 0 Å². The van der Waals surface area contributed by atoms with Crippen molar-refractivity contribution in [1.29, 1.82) is 0 Å². The van der Waals surface area contributed by atoms with Crippen molar-refractivity contribution in [2.45, 2.75) is 102 Å². The number of aliphatic hydroxyl groups excluding tert-OH is 1. The molecule has 5 aliphatic rings. The minimum atomic E-state index is -3.89. The van der Waals surface area contributed by atoms with Gasteiger partial charge in [0.25, 0.3) is 10.1 Å². The number of ketones is 1. The number of aryl methyl sites for hydroxylation is 1. The van der Waals surface area contributed by atoms with Gasteiger partial charge in [-0.05, 0) is 113 Å². The van der Waals surface area contributed by atoms with Gasteiger partial charge in [-0.1, -0.05) is 49.1 Å². The first-order chi connectivity index (χ1) is 18.0. The molecule has 5 nitrogen and oxygen atoms in total. The molecule has 1 aromatic carbocycles. The number of aliphatic hydroxyl groups is 1. The molecule has 6 heteroatoms. The summed E-state index contributed by atoms with van der Waals surface area (Å²) in [5.74, 6) is 2.12. The molecule has 4 fully saturated rings. The largest absolute Gasteiger partial charge is 0.393 e. The van der Waals surface area contributed by atoms with Gasteiger partial charge in [0.15, 0.2) is 0 Å². The molecule has 0 bridgehead atoms. The molecular formula is C32H44O5S. The van der Waals surface area contributed by atoms with Crippen LogP contribution < -0.4 is 0 Å². The summed E-state index contributed by atoms with van der Waals surface area (Å²) >= 11 is 0. The molecule has 1 aromatic rings. The van der Waals surface area contributed by atoms with Crippen molar-refractivity contribution in [2.24, 2.45) is 39.9 Å². The van der Waals surface area contributed by atoms with Crippen molar-refractivity contribution in [3.8, 4) is 0 Å². The summed E-state index contributed by atoms with van der Waals surface area (Å²) in [5, 5.41) is 10.6. The highest BCUT2D eigenvalue weighted by molar-refractivity contribution is 7.86. The van der Waals surface area contributed by atoms with Gasteiger partial charge in [0.05, 0.1) is 17.6 Å². The smallest absolute Gasteiger partial charge is 0.297 e. The third-order valence-corrected chi connectivity index (χ3v) is 13.5. The van der Waals surface area contributed by atoms with Gasteiger partial charge in [0.2, 0.25) is 0 Å². The summed E-state index contributed by atoms with van der Waals surface area (Å²) in [5.41, 5.74) is 1.68. The molecule has 0 aliphatic heterocycles. The highest BCUT2D eigenvalue weighted by atomic mass is 32.2. The maximum atomic E-state index is 13.4. The summed E-state index contributed by atoms with van der Waals surface area (Å²) in [7, 11) is -3.89. The van der Waals surface area contributed by atoms with Gasteiger partial charge in [-0.3, -0.25) is 8.98 Å². The summed E-state index contributed by atoms with van der Waals surface area (Å²) in [6.07, 6.45) is 12.7. The molecule has 1 N–H and O–H groups in total. The molecule has 4 saturated carbocycles. The molecule has 3 unspecified atom stereocenters. The normalized spacial score (nSPS) is 42.3. The summed E-state index contributed by atoms with van der Waals surface area (Å²) < 4.78 is 32.5. The monoisotopic (exact) mass is 540 g/mol. The van der Waals surface area contributed by atoms with E-state index in [2.05, 4.69) is 13.0 Å². The second kappa shape index (κ2) is 9.27. The zero-order chi connectivity index (χ0) is 26.9. The van der Waals surface area contributed by atoms with E-state index in [-0.39, 0.29) is 33.9 Å². The number of Topliss-reactive ketones (excluding diaryl/α,β-unsaturated/α-hetero) is 1. The maximum Gasteiger partial charge on any atom is 0.297 e. The molecule has 38 heavy (non-hydrogen) atoms. The lowest BCUT2D eigenvalue weighted by Gasteiger charge is -2.60. The minimum absolute atomic E-state index is 0.0145. The van der Waals surface area contributed by atoms with Crippen LogP contribution in [0.2, 0.25) is 0 Å². The van der Waals surface area contributed by atoms with Crippen LogP contribution in [0.3, 0.4) is 0 Å². The van der Waals surface area contributed by atoms with Gasteiger partial charge < -0.3 is 5.11 Å². The van der Waals surface area contributed by atoms with Crippen LogP contribution in [-0.4, -0.2) is 32.0 Å². The van der Waals surface area contributed by atoms with Crippen LogP contribution in [0.1, 0.15) is 90.0 Å². The average molecular weight is 541 g/mol. The van der Waals surface area contributed by atoms with Crippen LogP contribution in [-0.2, 0) is 19.1 Å². The third-order valence-electron chi connectivity index (χ3n) is 12.2. The van der Waals surface area contributed by atoms with Crippen molar-refractivity contribution in [3.05, 3.63) is 41.5 Å². The number of rotatable bonds is 5. The third kappa shape index (κ3) is 3.76. The zero-order valence-corrected chi connectivity index (χ0v) is 24.1. The first kappa shape index (κ1) is 26.7. The van der Waals surface area contributed by atoms with Crippen LogP contribution in [0.5, 0.6) is 0 Å². The molecular weight excluding hydrogens is 496 g/mol. The summed E-state index contributed by atoms with van der Waals surface area (Å²) in [4.78, 5) is 13.6. The Morgan fingerprint density at radius 2 is 1.82 bits per heavy atom. The number of hydrogen-bond donors (Lipinski definition) is 1. The Hall–Kier alpha value is -1.50. The van der Waals surface area contributed by atoms with Crippen LogP contribution in [0, 0.1) is 46.8 Å². The first-order valence-corrected chi connectivity index (χ1v) is 16.3. The van der Waals surface area contributed by atoms with Crippen molar-refractivity contribution in [3.63, 3.8) is 0 Å². The minimum Gasteiger partial charge on any atom is -0.393 e. The second-order valence-corrected chi connectivity index (χ2v) is 15.2. The van der Waals surface area contributed by atoms with Crippen molar-refractivity contribution >= 4 is 15.9 Å². The lowest BCUT2D eigenvalue weighted by Crippen LogP contribution is -2.56. The van der Waals surface area contributed by atoms with Crippen LogP contribution >= 0.6 is 0 Å². The number of fused-ring (bicyclic) bond motifs is 7. The number of carbonyl (C=O) groups is 1. The lowest BCUT2D eigenvalue weighted by atomic mass is 9.44. The Balaban J connectivity index is 1.35. The summed E-state index contributed by atoms with van der Waals surface area (Å²) in [6.45, 7) is 6.36. The fourth-order valence-electron chi connectivity index (χ4n) is 10.5. The van der Waals surface area contributed by atoms with Crippen molar-refractivity contribution in [1.82, 2.24) is 0 Å². The average Bonchev–Trinajstić information content (AvgIpc) is 3.18. The SMILES string of the molecule is CC(=O)[C@@]12CCCC[C@@H]1CC1C3CC=C4C[C@@H](O)CC[C@]4(COS(=O)(=O)c4ccc(C)cc4)C3CC[C@@]12C. The number of allylic oxidation sites excluding steroid dienone is 1. The fraction of sp³-hybridized carbons (Fsp3) is 0.719. The van der Waals surface area contributed by atoms with Crippen molar-refractivity contribution < 1.29 is 22.5 Å². The van der Waals surface area contributed by atoms with E-state index >= 15 is 0 Å². The van der Waals surface area contributed by atoms with Gasteiger partial charge in [0.1, 0.15) is 5.78 Å². The second-order valence-electron chi connectivity index (χ2n) is 13.6. The summed E-state index contributed by atoms with van der Waals surface area (Å²) in [6, 6.07) is 6.86. The molecule has 0 amide bonds. The molecule has 5 aliphatic carbocycles. The Bertz CT molecular complexity index is 1230. The standard InChI is InChI=1S/C32H44O5S/c1-21-7-10-26(11-8-21)38(35,36)37-20-31-17-13-25(34)18-23(31)9-12-27-28(31)14-16-30(3)29(27)19-24-6-4-5-15-32(24,30)22(2)33/h7-11,24-25,27-29,34H,4-6,12-20H2,1-3H3/t24-,25+,27?,28?,29?,30+,31-,32+/m1/s1. The zero-order valence-electron chi connectivity index (χ0n) is 23.2.